The van der Waals surface area contributed by atoms with Gasteiger partial charge in [-0.05, 0) is 31.0 Å². The predicted molar refractivity (Wildman–Crippen MR) is 95.3 cm³/mol. The first kappa shape index (κ1) is 16.1. The van der Waals surface area contributed by atoms with Crippen LogP contribution in [0.2, 0.25) is 0 Å². The van der Waals surface area contributed by atoms with Gasteiger partial charge in [0.05, 0.1) is 11.0 Å². The molecule has 1 aliphatic heterocycles. The van der Waals surface area contributed by atoms with E-state index < -0.39 is 0 Å². The van der Waals surface area contributed by atoms with Gasteiger partial charge in [-0.3, -0.25) is 9.59 Å². The number of nitrogens with zero attached hydrogens (tertiary/aromatic N) is 3. The Bertz CT molecular complexity index is 801. The summed E-state index contributed by atoms with van der Waals surface area (Å²) in [5.74, 6) is 1.48. The molecule has 0 spiro atoms. The van der Waals surface area contributed by atoms with Gasteiger partial charge in [0.2, 0.25) is 5.91 Å². The second-order valence-electron chi connectivity index (χ2n) is 7.01. The van der Waals surface area contributed by atoms with Gasteiger partial charge in [-0.1, -0.05) is 13.3 Å². The van der Waals surface area contributed by atoms with Gasteiger partial charge < -0.3 is 14.8 Å². The number of imidazole rings is 1. The normalized spacial score (nSPS) is 18.4. The summed E-state index contributed by atoms with van der Waals surface area (Å²) in [5.41, 5.74) is 2.48. The van der Waals surface area contributed by atoms with Crippen LogP contribution >= 0.6 is 0 Å². The van der Waals surface area contributed by atoms with E-state index in [9.17, 15) is 9.59 Å². The van der Waals surface area contributed by atoms with Gasteiger partial charge in [-0.25, -0.2) is 4.98 Å². The van der Waals surface area contributed by atoms with Crippen molar-refractivity contribution in [1.29, 1.82) is 0 Å². The van der Waals surface area contributed by atoms with Crippen LogP contribution in [0.3, 0.4) is 0 Å². The Morgan fingerprint density at radius 2 is 1.88 bits per heavy atom. The van der Waals surface area contributed by atoms with Crippen molar-refractivity contribution in [1.82, 2.24) is 19.8 Å². The molecule has 1 saturated heterocycles. The van der Waals surface area contributed by atoms with E-state index in [0.29, 0.717) is 31.7 Å². The lowest BCUT2D eigenvalue weighted by Crippen LogP contribution is -2.52. The molecule has 0 bridgehead atoms. The lowest BCUT2D eigenvalue weighted by molar-refractivity contribution is -0.139. The number of piperazine rings is 1. The lowest BCUT2D eigenvalue weighted by atomic mass is 9.84. The second kappa shape index (κ2) is 6.50. The average molecular weight is 340 g/mol. The number of carbonyl (C=O) groups excluding carboxylic acids is 2. The molecule has 132 valence electrons. The third-order valence-corrected chi connectivity index (χ3v) is 5.45. The summed E-state index contributed by atoms with van der Waals surface area (Å²) in [5, 5.41) is 0. The average Bonchev–Trinajstić information content (AvgIpc) is 3.02. The number of fused-ring (bicyclic) bond motifs is 1. The summed E-state index contributed by atoms with van der Waals surface area (Å²) in [7, 11) is 0. The zero-order chi connectivity index (χ0) is 17.4. The van der Waals surface area contributed by atoms with Gasteiger partial charge in [0, 0.05) is 44.1 Å². The molecule has 6 nitrogen and oxygen atoms in total. The second-order valence-corrected chi connectivity index (χ2v) is 7.01. The van der Waals surface area contributed by atoms with Crippen molar-refractivity contribution in [3.63, 3.8) is 0 Å². The minimum absolute atomic E-state index is 0.0327. The van der Waals surface area contributed by atoms with Crippen LogP contribution in [-0.2, 0) is 11.2 Å². The predicted octanol–water partition coefficient (Wildman–Crippen LogP) is 2.21. The van der Waals surface area contributed by atoms with Crippen molar-refractivity contribution in [2.75, 3.05) is 26.2 Å². The molecule has 0 atom stereocenters. The van der Waals surface area contributed by atoms with E-state index in [0.717, 1.165) is 36.1 Å². The van der Waals surface area contributed by atoms with Crippen LogP contribution < -0.4 is 0 Å². The third-order valence-electron chi connectivity index (χ3n) is 5.45. The minimum atomic E-state index is 0.0327. The first-order chi connectivity index (χ1) is 12.2. The highest BCUT2D eigenvalue weighted by Gasteiger charge is 2.32. The van der Waals surface area contributed by atoms with Crippen LogP contribution in [0.25, 0.3) is 11.0 Å². The molecule has 1 saturated carbocycles. The van der Waals surface area contributed by atoms with Crippen molar-refractivity contribution in [3.8, 4) is 0 Å². The van der Waals surface area contributed by atoms with Crippen molar-refractivity contribution >= 4 is 22.8 Å². The van der Waals surface area contributed by atoms with E-state index in [4.69, 9.17) is 0 Å². The molecule has 25 heavy (non-hydrogen) atoms. The number of hydrogen-bond donors (Lipinski definition) is 1. The molecule has 1 aliphatic carbocycles. The molecule has 2 heterocycles. The zero-order valence-corrected chi connectivity index (χ0v) is 14.6. The van der Waals surface area contributed by atoms with Gasteiger partial charge in [0.15, 0.2) is 0 Å². The molecule has 1 aromatic heterocycles. The summed E-state index contributed by atoms with van der Waals surface area (Å²) in [6.45, 7) is 4.56. The van der Waals surface area contributed by atoms with Gasteiger partial charge in [0.25, 0.3) is 5.91 Å². The van der Waals surface area contributed by atoms with Crippen LogP contribution in [0.1, 0.15) is 42.4 Å². The third kappa shape index (κ3) is 3.01. The lowest BCUT2D eigenvalue weighted by Gasteiger charge is -2.38. The maximum atomic E-state index is 12.8. The number of carbonyl (C=O) groups is 2. The molecular weight excluding hydrogens is 316 g/mol. The van der Waals surface area contributed by atoms with Crippen LogP contribution in [-0.4, -0.2) is 57.8 Å². The van der Waals surface area contributed by atoms with Crippen molar-refractivity contribution in [2.24, 2.45) is 5.92 Å². The van der Waals surface area contributed by atoms with Crippen molar-refractivity contribution in [3.05, 3.63) is 29.6 Å². The van der Waals surface area contributed by atoms with Crippen LogP contribution in [0.4, 0.5) is 0 Å². The molecule has 1 N–H and O–H groups in total. The first-order valence-electron chi connectivity index (χ1n) is 9.22. The van der Waals surface area contributed by atoms with E-state index in [1.807, 2.05) is 34.9 Å². The molecule has 2 aromatic rings. The highest BCUT2D eigenvalue weighted by Crippen LogP contribution is 2.28. The van der Waals surface area contributed by atoms with E-state index in [1.165, 1.54) is 6.42 Å². The van der Waals surface area contributed by atoms with Crippen LogP contribution in [0, 0.1) is 5.92 Å². The van der Waals surface area contributed by atoms with Gasteiger partial charge in [0.1, 0.15) is 5.82 Å². The van der Waals surface area contributed by atoms with Crippen LogP contribution in [0.15, 0.2) is 18.2 Å². The van der Waals surface area contributed by atoms with Gasteiger partial charge >= 0.3 is 0 Å². The Morgan fingerprint density at radius 1 is 1.16 bits per heavy atom. The molecule has 1 aromatic carbocycles. The molecule has 2 amide bonds. The quantitative estimate of drug-likeness (QED) is 0.931. The largest absolute Gasteiger partial charge is 0.342 e. The molecule has 6 heteroatoms. The minimum Gasteiger partial charge on any atom is -0.342 e. The fourth-order valence-electron chi connectivity index (χ4n) is 3.59. The molecule has 0 radical (unpaired) electrons. The first-order valence-corrected chi connectivity index (χ1v) is 9.22. The SMILES string of the molecule is CCc1nc2ccc(C(=O)N3CCN(C(=O)C4CCC4)CC3)cc2[nH]1. The fraction of sp³-hybridized carbons (Fsp3) is 0.526. The summed E-state index contributed by atoms with van der Waals surface area (Å²) >= 11 is 0. The number of amides is 2. The highest BCUT2D eigenvalue weighted by atomic mass is 16.2. The van der Waals surface area contributed by atoms with E-state index >= 15 is 0 Å². The number of aryl methyl sites for hydroxylation is 1. The summed E-state index contributed by atoms with van der Waals surface area (Å²) in [6, 6.07) is 5.63. The Hall–Kier alpha value is -2.37. The molecular formula is C19H24N4O2. The summed E-state index contributed by atoms with van der Waals surface area (Å²) < 4.78 is 0. The zero-order valence-electron chi connectivity index (χ0n) is 14.6. The smallest absolute Gasteiger partial charge is 0.254 e. The molecule has 0 unspecified atom stereocenters. The Balaban J connectivity index is 1.42. The van der Waals surface area contributed by atoms with Gasteiger partial charge in [-0.2, -0.15) is 0 Å². The van der Waals surface area contributed by atoms with Crippen LogP contribution in [0.5, 0.6) is 0 Å². The number of aromatic nitrogens is 2. The van der Waals surface area contributed by atoms with Gasteiger partial charge in [-0.15, -0.1) is 0 Å². The molecule has 2 fully saturated rings. The molecule has 4 rings (SSSR count). The van der Waals surface area contributed by atoms with E-state index in [2.05, 4.69) is 9.97 Å². The maximum absolute atomic E-state index is 12.8. The number of H-pyrrole nitrogens is 1. The monoisotopic (exact) mass is 340 g/mol. The molecule has 2 aliphatic rings. The fourth-order valence-corrected chi connectivity index (χ4v) is 3.59. The number of nitrogens with one attached hydrogen (secondary N) is 1. The number of rotatable bonds is 3. The Morgan fingerprint density at radius 3 is 2.52 bits per heavy atom. The number of aromatic amines is 1. The summed E-state index contributed by atoms with van der Waals surface area (Å²) in [4.78, 5) is 36.6. The Kier molecular flexibility index (Phi) is 4.19. The maximum Gasteiger partial charge on any atom is 0.254 e. The number of hydrogen-bond acceptors (Lipinski definition) is 3. The van der Waals surface area contributed by atoms with E-state index in [1.54, 1.807) is 0 Å². The highest BCUT2D eigenvalue weighted by molar-refractivity contribution is 5.97. The topological polar surface area (TPSA) is 69.3 Å². The van der Waals surface area contributed by atoms with Crippen molar-refractivity contribution < 1.29 is 9.59 Å². The van der Waals surface area contributed by atoms with E-state index in [-0.39, 0.29) is 17.7 Å². The van der Waals surface area contributed by atoms with Crippen molar-refractivity contribution in [2.45, 2.75) is 32.6 Å². The summed E-state index contributed by atoms with van der Waals surface area (Å²) in [6.07, 6.45) is 4.07. The number of benzene rings is 1. The Labute approximate surface area is 147 Å². The standard InChI is InChI=1S/C19H24N4O2/c1-2-17-20-15-7-6-14(12-16(15)21-17)19(25)23-10-8-22(9-11-23)18(24)13-4-3-5-13/h6-7,12-13H,2-5,8-11H2,1H3,(H,20,21).